The van der Waals surface area contributed by atoms with Crippen LogP contribution in [0.2, 0.25) is 0 Å². The Hall–Kier alpha value is -0.970. The second kappa shape index (κ2) is 6.50. The fraction of sp³-hybridized carbons (Fsp3) is 0.545. The van der Waals surface area contributed by atoms with Crippen molar-refractivity contribution < 1.29 is 5.11 Å². The van der Waals surface area contributed by atoms with E-state index in [1.165, 1.54) is 0 Å². The first-order valence-electron chi connectivity index (χ1n) is 5.19. The predicted molar refractivity (Wildman–Crippen MR) is 60.5 cm³/mol. The first kappa shape index (κ1) is 12.1. The van der Waals surface area contributed by atoms with Crippen molar-refractivity contribution in [3.05, 3.63) is 30.1 Å². The number of aromatic nitrogens is 1. The van der Waals surface area contributed by atoms with E-state index in [0.29, 0.717) is 6.54 Å². The average molecular weight is 209 g/mol. The zero-order valence-electron chi connectivity index (χ0n) is 9.13. The molecule has 0 amide bonds. The van der Waals surface area contributed by atoms with E-state index in [1.807, 2.05) is 25.2 Å². The van der Waals surface area contributed by atoms with E-state index in [4.69, 9.17) is 10.8 Å². The molecule has 0 saturated heterocycles. The van der Waals surface area contributed by atoms with Gasteiger partial charge in [-0.2, -0.15) is 0 Å². The number of pyridine rings is 1. The third-order valence-electron chi connectivity index (χ3n) is 2.55. The Bertz CT molecular complexity index is 262. The minimum atomic E-state index is 0.0497. The van der Waals surface area contributed by atoms with Gasteiger partial charge in [0, 0.05) is 37.4 Å². The third-order valence-corrected chi connectivity index (χ3v) is 2.55. The van der Waals surface area contributed by atoms with Gasteiger partial charge in [0.1, 0.15) is 0 Å². The van der Waals surface area contributed by atoms with Gasteiger partial charge in [-0.3, -0.25) is 9.88 Å². The maximum absolute atomic E-state index is 9.06. The number of nitrogens with two attached hydrogens (primary N) is 1. The Morgan fingerprint density at radius 2 is 2.33 bits per heavy atom. The Kier molecular flexibility index (Phi) is 5.25. The molecule has 0 saturated carbocycles. The van der Waals surface area contributed by atoms with Crippen LogP contribution in [0.1, 0.15) is 5.69 Å². The van der Waals surface area contributed by atoms with Crippen LogP contribution in [-0.4, -0.2) is 47.8 Å². The van der Waals surface area contributed by atoms with Gasteiger partial charge in [0.25, 0.3) is 0 Å². The van der Waals surface area contributed by atoms with Crippen molar-refractivity contribution in [3.63, 3.8) is 0 Å². The normalized spacial score (nSPS) is 13.1. The predicted octanol–water partition coefficient (Wildman–Crippen LogP) is -0.125. The summed E-state index contributed by atoms with van der Waals surface area (Å²) in [5.74, 6) is 0. The molecule has 1 aromatic heterocycles. The van der Waals surface area contributed by atoms with Crippen LogP contribution in [0.5, 0.6) is 0 Å². The van der Waals surface area contributed by atoms with Gasteiger partial charge in [-0.05, 0) is 19.2 Å². The van der Waals surface area contributed by atoms with Crippen LogP contribution in [0.15, 0.2) is 24.4 Å². The topological polar surface area (TPSA) is 62.4 Å². The number of hydrogen-bond donors (Lipinski definition) is 2. The number of aliphatic hydroxyl groups is 1. The second-order valence-electron chi connectivity index (χ2n) is 3.62. The van der Waals surface area contributed by atoms with Crippen LogP contribution in [-0.2, 0) is 6.42 Å². The van der Waals surface area contributed by atoms with E-state index in [1.54, 1.807) is 6.20 Å². The molecule has 4 heteroatoms. The van der Waals surface area contributed by atoms with Crippen molar-refractivity contribution in [3.8, 4) is 0 Å². The van der Waals surface area contributed by atoms with E-state index < -0.39 is 0 Å². The number of likely N-dealkylation sites (N-methyl/N-ethyl adjacent to an activating group) is 1. The molecule has 0 aromatic carbocycles. The summed E-state index contributed by atoms with van der Waals surface area (Å²) < 4.78 is 0. The standard InChI is InChI=1S/C11H19N3O/c1-14(11(8-12)9-15)7-5-10-4-2-3-6-13-10/h2-4,6,11,15H,5,7-9,12H2,1H3. The van der Waals surface area contributed by atoms with Crippen molar-refractivity contribution >= 4 is 0 Å². The fourth-order valence-electron chi connectivity index (χ4n) is 1.41. The summed E-state index contributed by atoms with van der Waals surface area (Å²) in [6.45, 7) is 1.45. The minimum Gasteiger partial charge on any atom is -0.395 e. The van der Waals surface area contributed by atoms with Gasteiger partial charge in [-0.15, -0.1) is 0 Å². The highest BCUT2D eigenvalue weighted by atomic mass is 16.3. The minimum absolute atomic E-state index is 0.0497. The Labute approximate surface area is 90.7 Å². The quantitative estimate of drug-likeness (QED) is 0.685. The van der Waals surface area contributed by atoms with Crippen LogP contribution in [0, 0.1) is 0 Å². The largest absolute Gasteiger partial charge is 0.395 e. The molecule has 0 aliphatic carbocycles. The number of hydrogen-bond acceptors (Lipinski definition) is 4. The molecule has 1 rings (SSSR count). The molecule has 4 nitrogen and oxygen atoms in total. The van der Waals surface area contributed by atoms with Crippen LogP contribution in [0.25, 0.3) is 0 Å². The highest BCUT2D eigenvalue weighted by Gasteiger charge is 2.11. The lowest BCUT2D eigenvalue weighted by atomic mass is 10.2. The Morgan fingerprint density at radius 3 is 2.87 bits per heavy atom. The monoisotopic (exact) mass is 209 g/mol. The molecule has 0 radical (unpaired) electrons. The molecular formula is C11H19N3O. The van der Waals surface area contributed by atoms with Gasteiger partial charge in [0.2, 0.25) is 0 Å². The van der Waals surface area contributed by atoms with Crippen LogP contribution in [0.4, 0.5) is 0 Å². The van der Waals surface area contributed by atoms with Crippen LogP contribution < -0.4 is 5.73 Å². The van der Waals surface area contributed by atoms with E-state index in [0.717, 1.165) is 18.7 Å². The van der Waals surface area contributed by atoms with Gasteiger partial charge in [-0.1, -0.05) is 6.07 Å². The summed E-state index contributed by atoms with van der Waals surface area (Å²) >= 11 is 0. The van der Waals surface area contributed by atoms with E-state index in [9.17, 15) is 0 Å². The summed E-state index contributed by atoms with van der Waals surface area (Å²) in [7, 11) is 1.97. The van der Waals surface area contributed by atoms with Crippen molar-refractivity contribution in [1.29, 1.82) is 0 Å². The lowest BCUT2D eigenvalue weighted by Crippen LogP contribution is -2.41. The van der Waals surface area contributed by atoms with Gasteiger partial charge in [-0.25, -0.2) is 0 Å². The first-order chi connectivity index (χ1) is 7.27. The molecule has 0 aliphatic rings. The zero-order chi connectivity index (χ0) is 11.1. The summed E-state index contributed by atoms with van der Waals surface area (Å²) in [6, 6.07) is 5.94. The van der Waals surface area contributed by atoms with Crippen LogP contribution in [0.3, 0.4) is 0 Å². The molecular weight excluding hydrogens is 190 g/mol. The second-order valence-corrected chi connectivity index (χ2v) is 3.62. The zero-order valence-corrected chi connectivity index (χ0v) is 9.13. The molecule has 3 N–H and O–H groups in total. The number of nitrogens with zero attached hydrogens (tertiary/aromatic N) is 2. The lowest BCUT2D eigenvalue weighted by molar-refractivity contribution is 0.153. The van der Waals surface area contributed by atoms with E-state index in [-0.39, 0.29) is 12.6 Å². The highest BCUT2D eigenvalue weighted by molar-refractivity contribution is 5.03. The molecule has 1 unspecified atom stereocenters. The van der Waals surface area contributed by atoms with Crippen molar-refractivity contribution in [2.24, 2.45) is 5.73 Å². The van der Waals surface area contributed by atoms with Gasteiger partial charge < -0.3 is 10.8 Å². The molecule has 0 fully saturated rings. The van der Waals surface area contributed by atoms with Crippen LogP contribution >= 0.6 is 0 Å². The summed E-state index contributed by atoms with van der Waals surface area (Å²) in [4.78, 5) is 6.31. The molecule has 1 heterocycles. The molecule has 1 aromatic rings. The molecule has 84 valence electrons. The maximum Gasteiger partial charge on any atom is 0.0599 e. The highest BCUT2D eigenvalue weighted by Crippen LogP contribution is 1.99. The summed E-state index contributed by atoms with van der Waals surface area (Å²) in [6.07, 6.45) is 2.68. The van der Waals surface area contributed by atoms with Gasteiger partial charge in [0.05, 0.1) is 6.61 Å². The summed E-state index contributed by atoms with van der Waals surface area (Å²) in [5.41, 5.74) is 6.60. The summed E-state index contributed by atoms with van der Waals surface area (Å²) in [5, 5.41) is 9.06. The van der Waals surface area contributed by atoms with Crippen molar-refractivity contribution in [1.82, 2.24) is 9.88 Å². The smallest absolute Gasteiger partial charge is 0.0599 e. The van der Waals surface area contributed by atoms with Gasteiger partial charge in [0.15, 0.2) is 0 Å². The third kappa shape index (κ3) is 3.95. The lowest BCUT2D eigenvalue weighted by Gasteiger charge is -2.24. The molecule has 0 aliphatic heterocycles. The van der Waals surface area contributed by atoms with Crippen molar-refractivity contribution in [2.75, 3.05) is 26.7 Å². The Balaban J connectivity index is 2.36. The van der Waals surface area contributed by atoms with E-state index in [2.05, 4.69) is 9.88 Å². The number of rotatable bonds is 6. The number of aliphatic hydroxyl groups excluding tert-OH is 1. The first-order valence-corrected chi connectivity index (χ1v) is 5.19. The fourth-order valence-corrected chi connectivity index (χ4v) is 1.41. The van der Waals surface area contributed by atoms with E-state index >= 15 is 0 Å². The molecule has 0 spiro atoms. The SMILES string of the molecule is CN(CCc1ccccn1)C(CN)CO. The Morgan fingerprint density at radius 1 is 1.53 bits per heavy atom. The maximum atomic E-state index is 9.06. The average Bonchev–Trinajstić information content (AvgIpc) is 2.29. The molecule has 15 heavy (non-hydrogen) atoms. The molecule has 0 bridgehead atoms. The van der Waals surface area contributed by atoms with Crippen molar-refractivity contribution in [2.45, 2.75) is 12.5 Å². The van der Waals surface area contributed by atoms with Gasteiger partial charge >= 0.3 is 0 Å². The molecule has 1 atom stereocenters.